The first kappa shape index (κ1) is 16.3. The number of hydrogen-bond donors (Lipinski definition) is 1. The van der Waals surface area contributed by atoms with Gasteiger partial charge in [-0.25, -0.2) is 17.8 Å². The average molecular weight is 333 g/mol. The molecule has 1 heterocycles. The van der Waals surface area contributed by atoms with Gasteiger partial charge in [0.1, 0.15) is 11.6 Å². The zero-order valence-electron chi connectivity index (χ0n) is 11.6. The van der Waals surface area contributed by atoms with Crippen LogP contribution in [0.15, 0.2) is 30.6 Å². The predicted molar refractivity (Wildman–Crippen MR) is 75.8 cm³/mol. The van der Waals surface area contributed by atoms with E-state index in [1.807, 2.05) is 0 Å². The van der Waals surface area contributed by atoms with E-state index in [4.69, 9.17) is 0 Å². The van der Waals surface area contributed by atoms with Crippen LogP contribution < -0.4 is 5.32 Å². The third-order valence-electron chi connectivity index (χ3n) is 2.88. The molecule has 0 spiro atoms. The topological polar surface area (TPSA) is 64.0 Å². The molecule has 0 aliphatic heterocycles. The molecular formula is C13H14F3N3O2S. The molecule has 0 bridgehead atoms. The van der Waals surface area contributed by atoms with Crippen molar-refractivity contribution in [1.29, 1.82) is 0 Å². The lowest BCUT2D eigenvalue weighted by atomic mass is 10.2. The van der Waals surface area contributed by atoms with Crippen molar-refractivity contribution in [3.63, 3.8) is 0 Å². The van der Waals surface area contributed by atoms with E-state index in [1.165, 1.54) is 12.3 Å². The summed E-state index contributed by atoms with van der Waals surface area (Å²) in [5.41, 5.74) is 0.591. The maximum atomic E-state index is 13.3. The summed E-state index contributed by atoms with van der Waals surface area (Å²) in [4.78, 5) is 3.80. The van der Waals surface area contributed by atoms with Gasteiger partial charge in [0.2, 0.25) is 0 Å². The van der Waals surface area contributed by atoms with Crippen molar-refractivity contribution in [3.8, 4) is 0 Å². The SMILES string of the molecule is CS(=O)(=O)Cc1cc(F)ccc1NCc1nccn1C(F)F. The Morgan fingerprint density at radius 2 is 2.09 bits per heavy atom. The van der Waals surface area contributed by atoms with Crippen LogP contribution in [0.1, 0.15) is 17.9 Å². The summed E-state index contributed by atoms with van der Waals surface area (Å²) in [5, 5.41) is 2.81. The highest BCUT2D eigenvalue weighted by Gasteiger charge is 2.14. The first-order valence-corrected chi connectivity index (χ1v) is 8.32. The molecule has 0 aliphatic carbocycles. The van der Waals surface area contributed by atoms with Crippen LogP contribution in [-0.4, -0.2) is 24.2 Å². The Morgan fingerprint density at radius 3 is 2.73 bits per heavy atom. The smallest absolute Gasteiger partial charge is 0.319 e. The Kier molecular flexibility index (Phi) is 4.74. The zero-order chi connectivity index (χ0) is 16.3. The molecule has 0 radical (unpaired) electrons. The first-order valence-electron chi connectivity index (χ1n) is 6.26. The van der Waals surface area contributed by atoms with E-state index in [0.717, 1.165) is 24.6 Å². The standard InChI is InChI=1S/C13H14F3N3O2S/c1-22(20,21)8-9-6-10(14)2-3-11(9)18-7-12-17-4-5-19(12)13(15)16/h2-6,13,18H,7-8H2,1H3. The molecule has 0 fully saturated rings. The Balaban J connectivity index is 2.21. The molecule has 2 aromatic rings. The fraction of sp³-hybridized carbons (Fsp3) is 0.308. The summed E-state index contributed by atoms with van der Waals surface area (Å²) in [6, 6.07) is 3.63. The molecule has 5 nitrogen and oxygen atoms in total. The van der Waals surface area contributed by atoms with Crippen LogP contribution in [0.4, 0.5) is 18.9 Å². The largest absolute Gasteiger partial charge is 0.378 e. The molecule has 1 aromatic carbocycles. The number of anilines is 1. The lowest BCUT2D eigenvalue weighted by Crippen LogP contribution is -2.11. The minimum Gasteiger partial charge on any atom is -0.378 e. The van der Waals surface area contributed by atoms with Gasteiger partial charge in [0.25, 0.3) is 0 Å². The summed E-state index contributed by atoms with van der Waals surface area (Å²) in [6.45, 7) is -2.76. The molecule has 120 valence electrons. The summed E-state index contributed by atoms with van der Waals surface area (Å²) < 4.78 is 62.1. The minimum absolute atomic E-state index is 0.0419. The van der Waals surface area contributed by atoms with Crippen molar-refractivity contribution >= 4 is 15.5 Å². The highest BCUT2D eigenvalue weighted by Crippen LogP contribution is 2.21. The second-order valence-corrected chi connectivity index (χ2v) is 6.89. The van der Waals surface area contributed by atoms with E-state index < -0.39 is 22.2 Å². The number of halogens is 3. The highest BCUT2D eigenvalue weighted by molar-refractivity contribution is 7.89. The van der Waals surface area contributed by atoms with Crippen LogP contribution in [0.3, 0.4) is 0 Å². The lowest BCUT2D eigenvalue weighted by molar-refractivity contribution is 0.0673. The molecule has 0 saturated carbocycles. The highest BCUT2D eigenvalue weighted by atomic mass is 32.2. The molecule has 0 saturated heterocycles. The number of aromatic nitrogens is 2. The van der Waals surface area contributed by atoms with E-state index in [9.17, 15) is 21.6 Å². The van der Waals surface area contributed by atoms with Gasteiger partial charge in [-0.3, -0.25) is 4.57 Å². The average Bonchev–Trinajstić information content (AvgIpc) is 2.84. The van der Waals surface area contributed by atoms with E-state index in [1.54, 1.807) is 0 Å². The third kappa shape index (κ3) is 4.23. The zero-order valence-corrected chi connectivity index (χ0v) is 12.4. The van der Waals surface area contributed by atoms with Gasteiger partial charge in [-0.2, -0.15) is 8.78 Å². The van der Waals surface area contributed by atoms with Crippen molar-refractivity contribution in [2.45, 2.75) is 18.8 Å². The van der Waals surface area contributed by atoms with E-state index in [-0.39, 0.29) is 23.7 Å². The van der Waals surface area contributed by atoms with Crippen molar-refractivity contribution in [1.82, 2.24) is 9.55 Å². The molecule has 9 heteroatoms. The van der Waals surface area contributed by atoms with Gasteiger partial charge in [0.15, 0.2) is 9.84 Å². The Hall–Kier alpha value is -2.03. The monoisotopic (exact) mass is 333 g/mol. The van der Waals surface area contributed by atoms with Crippen LogP contribution in [-0.2, 0) is 22.1 Å². The molecule has 0 amide bonds. The van der Waals surface area contributed by atoms with Gasteiger partial charge >= 0.3 is 6.55 Å². The fourth-order valence-corrected chi connectivity index (χ4v) is 2.77. The quantitative estimate of drug-likeness (QED) is 0.882. The van der Waals surface area contributed by atoms with Crippen LogP contribution in [0.5, 0.6) is 0 Å². The van der Waals surface area contributed by atoms with Gasteiger partial charge in [-0.05, 0) is 23.8 Å². The van der Waals surface area contributed by atoms with Gasteiger partial charge in [-0.1, -0.05) is 0 Å². The predicted octanol–water partition coefficient (Wildman–Crippen LogP) is 2.57. The number of hydrogen-bond acceptors (Lipinski definition) is 4. The maximum absolute atomic E-state index is 13.3. The van der Waals surface area contributed by atoms with Crippen molar-refractivity contribution < 1.29 is 21.6 Å². The molecule has 0 aliphatic rings. The maximum Gasteiger partial charge on any atom is 0.319 e. The molecule has 2 rings (SSSR count). The fourth-order valence-electron chi connectivity index (χ4n) is 1.97. The van der Waals surface area contributed by atoms with Crippen molar-refractivity contribution in [2.75, 3.05) is 11.6 Å². The number of nitrogens with zero attached hydrogens (tertiary/aromatic N) is 2. The Morgan fingerprint density at radius 1 is 1.36 bits per heavy atom. The van der Waals surface area contributed by atoms with Gasteiger partial charge < -0.3 is 5.32 Å². The normalized spacial score (nSPS) is 11.9. The summed E-state index contributed by atoms with van der Waals surface area (Å²) >= 11 is 0. The van der Waals surface area contributed by atoms with Gasteiger partial charge in [0, 0.05) is 24.3 Å². The number of rotatable bonds is 6. The second kappa shape index (κ2) is 6.39. The summed E-state index contributed by atoms with van der Waals surface area (Å²) in [6.07, 6.45) is 3.42. The van der Waals surface area contributed by atoms with Crippen molar-refractivity contribution in [3.05, 3.63) is 47.8 Å². The number of alkyl halides is 2. The third-order valence-corrected chi connectivity index (χ3v) is 3.72. The molecule has 0 atom stereocenters. The molecule has 1 aromatic heterocycles. The van der Waals surface area contributed by atoms with Gasteiger partial charge in [0.05, 0.1) is 12.3 Å². The molecule has 1 N–H and O–H groups in total. The number of benzene rings is 1. The van der Waals surface area contributed by atoms with E-state index in [2.05, 4.69) is 10.3 Å². The summed E-state index contributed by atoms with van der Waals surface area (Å²) in [5.74, 6) is -0.834. The van der Waals surface area contributed by atoms with Gasteiger partial charge in [-0.15, -0.1) is 0 Å². The summed E-state index contributed by atoms with van der Waals surface area (Å²) in [7, 11) is -3.36. The lowest BCUT2D eigenvalue weighted by Gasteiger charge is -2.12. The Bertz CT molecular complexity index is 760. The van der Waals surface area contributed by atoms with E-state index >= 15 is 0 Å². The minimum atomic E-state index is -3.36. The van der Waals surface area contributed by atoms with Crippen LogP contribution >= 0.6 is 0 Å². The molecule has 22 heavy (non-hydrogen) atoms. The van der Waals surface area contributed by atoms with Crippen LogP contribution in [0.2, 0.25) is 0 Å². The Labute approximate surface area is 125 Å². The van der Waals surface area contributed by atoms with Crippen LogP contribution in [0.25, 0.3) is 0 Å². The number of sulfone groups is 1. The van der Waals surface area contributed by atoms with E-state index in [0.29, 0.717) is 10.3 Å². The molecule has 0 unspecified atom stereocenters. The number of imidazole rings is 1. The molecular weight excluding hydrogens is 319 g/mol. The second-order valence-electron chi connectivity index (χ2n) is 4.75. The first-order chi connectivity index (χ1) is 10.3. The number of nitrogens with one attached hydrogen (secondary N) is 1. The van der Waals surface area contributed by atoms with Crippen molar-refractivity contribution in [2.24, 2.45) is 0 Å². The van der Waals surface area contributed by atoms with Crippen LogP contribution in [0, 0.1) is 5.82 Å².